The van der Waals surface area contributed by atoms with Crippen LogP contribution < -0.4 is 10.4 Å². The van der Waals surface area contributed by atoms with Crippen LogP contribution in [-0.4, -0.2) is 51.9 Å². The summed E-state index contributed by atoms with van der Waals surface area (Å²) in [5, 5.41) is 0. The lowest BCUT2D eigenvalue weighted by Crippen LogP contribution is -2.41. The Balaban J connectivity index is 1.61. The smallest absolute Gasteiger partial charge is 0.399 e. The summed E-state index contributed by atoms with van der Waals surface area (Å²) >= 11 is 0. The first kappa shape index (κ1) is 19.7. The van der Waals surface area contributed by atoms with Gasteiger partial charge in [-0.05, 0) is 58.1 Å². The molecule has 0 unspecified atom stereocenters. The highest BCUT2D eigenvalue weighted by Gasteiger charge is 2.51. The van der Waals surface area contributed by atoms with Crippen molar-refractivity contribution in [3.63, 3.8) is 0 Å². The maximum Gasteiger partial charge on any atom is 0.494 e. The molecule has 2 heterocycles. The van der Waals surface area contributed by atoms with Gasteiger partial charge in [0.25, 0.3) is 0 Å². The number of rotatable bonds is 5. The Labute approximate surface area is 158 Å². The summed E-state index contributed by atoms with van der Waals surface area (Å²) in [6.07, 6.45) is 2.05. The molecule has 26 heavy (non-hydrogen) atoms. The molecule has 0 radical (unpaired) electrons. The molecule has 2 saturated heterocycles. The molecule has 1 aromatic rings. The van der Waals surface area contributed by atoms with Crippen molar-refractivity contribution in [2.75, 3.05) is 32.2 Å². The number of benzene rings is 1. The Bertz CT molecular complexity index is 576. The molecule has 0 spiro atoms. The van der Waals surface area contributed by atoms with Crippen molar-refractivity contribution in [1.82, 2.24) is 0 Å². The van der Waals surface area contributed by atoms with Gasteiger partial charge >= 0.3 is 7.12 Å². The highest BCUT2D eigenvalue weighted by Crippen LogP contribution is 2.36. The lowest BCUT2D eigenvalue weighted by atomic mass is 9.79. The van der Waals surface area contributed by atoms with E-state index in [1.54, 1.807) is 14.2 Å². The molecule has 0 atom stereocenters. The number of hydrogen-bond acceptors (Lipinski definition) is 5. The van der Waals surface area contributed by atoms with Crippen LogP contribution in [0.3, 0.4) is 0 Å². The van der Waals surface area contributed by atoms with Crippen molar-refractivity contribution >= 4 is 18.3 Å². The zero-order valence-corrected chi connectivity index (χ0v) is 17.0. The van der Waals surface area contributed by atoms with Crippen molar-refractivity contribution in [3.8, 4) is 0 Å². The molecule has 0 saturated carbocycles. The van der Waals surface area contributed by atoms with Gasteiger partial charge < -0.3 is 23.7 Å². The van der Waals surface area contributed by atoms with E-state index in [4.69, 9.17) is 18.8 Å². The molecule has 2 fully saturated rings. The Hall–Kier alpha value is -1.08. The van der Waals surface area contributed by atoms with Crippen LogP contribution in [0.5, 0.6) is 0 Å². The van der Waals surface area contributed by atoms with E-state index in [2.05, 4.69) is 56.9 Å². The maximum atomic E-state index is 6.14. The SMILES string of the molecule is COC(OC)C1CCN(c2ccc(B3OC(C)(C)C(C)(C)O3)cc2)CC1. The van der Waals surface area contributed by atoms with Crippen LogP contribution in [0.2, 0.25) is 0 Å². The van der Waals surface area contributed by atoms with Gasteiger partial charge in [0.15, 0.2) is 6.29 Å². The van der Waals surface area contributed by atoms with E-state index in [1.165, 1.54) is 5.69 Å². The highest BCUT2D eigenvalue weighted by molar-refractivity contribution is 6.62. The first-order valence-corrected chi connectivity index (χ1v) is 9.53. The van der Waals surface area contributed by atoms with Gasteiger partial charge in [-0.25, -0.2) is 0 Å². The number of methoxy groups -OCH3 is 2. The van der Waals surface area contributed by atoms with Gasteiger partial charge in [-0.3, -0.25) is 0 Å². The Morgan fingerprint density at radius 2 is 1.46 bits per heavy atom. The second kappa shape index (κ2) is 7.51. The molecule has 1 aromatic carbocycles. The Morgan fingerprint density at radius 3 is 1.92 bits per heavy atom. The first-order valence-electron chi connectivity index (χ1n) is 9.53. The van der Waals surface area contributed by atoms with E-state index >= 15 is 0 Å². The van der Waals surface area contributed by atoms with Crippen LogP contribution in [-0.2, 0) is 18.8 Å². The normalized spacial score (nSPS) is 23.0. The van der Waals surface area contributed by atoms with Crippen LogP contribution in [0.4, 0.5) is 5.69 Å². The molecule has 144 valence electrons. The quantitative estimate of drug-likeness (QED) is 0.596. The molecule has 2 aliphatic rings. The summed E-state index contributed by atoms with van der Waals surface area (Å²) in [5.41, 5.74) is 1.70. The lowest BCUT2D eigenvalue weighted by molar-refractivity contribution is -0.141. The molecule has 5 nitrogen and oxygen atoms in total. The zero-order chi connectivity index (χ0) is 18.9. The molecule has 0 aliphatic carbocycles. The summed E-state index contributed by atoms with van der Waals surface area (Å²) in [6.45, 7) is 10.4. The van der Waals surface area contributed by atoms with E-state index in [0.717, 1.165) is 31.4 Å². The fourth-order valence-corrected chi connectivity index (χ4v) is 3.73. The predicted molar refractivity (Wildman–Crippen MR) is 105 cm³/mol. The minimum Gasteiger partial charge on any atom is -0.399 e. The number of anilines is 1. The maximum absolute atomic E-state index is 6.14. The summed E-state index contributed by atoms with van der Waals surface area (Å²) in [4.78, 5) is 2.42. The van der Waals surface area contributed by atoms with Crippen molar-refractivity contribution in [2.45, 2.75) is 58.0 Å². The van der Waals surface area contributed by atoms with Crippen molar-refractivity contribution in [3.05, 3.63) is 24.3 Å². The molecule has 0 amide bonds. The fraction of sp³-hybridized carbons (Fsp3) is 0.700. The molecule has 0 aromatic heterocycles. The largest absolute Gasteiger partial charge is 0.494 e. The van der Waals surface area contributed by atoms with Crippen LogP contribution in [0, 0.1) is 5.92 Å². The van der Waals surface area contributed by atoms with Gasteiger partial charge in [-0.2, -0.15) is 0 Å². The summed E-state index contributed by atoms with van der Waals surface area (Å²) < 4.78 is 23.1. The topological polar surface area (TPSA) is 40.2 Å². The van der Waals surface area contributed by atoms with Crippen molar-refractivity contribution in [2.24, 2.45) is 5.92 Å². The lowest BCUT2D eigenvalue weighted by Gasteiger charge is -2.36. The summed E-state index contributed by atoms with van der Waals surface area (Å²) in [7, 11) is 3.13. The molecule has 6 heteroatoms. The molecule has 0 N–H and O–H groups in total. The number of hydrogen-bond donors (Lipinski definition) is 0. The van der Waals surface area contributed by atoms with Gasteiger partial charge in [-0.15, -0.1) is 0 Å². The van der Waals surface area contributed by atoms with Gasteiger partial charge in [-0.1, -0.05) is 12.1 Å². The van der Waals surface area contributed by atoms with Gasteiger partial charge in [0.2, 0.25) is 0 Å². The van der Waals surface area contributed by atoms with E-state index in [0.29, 0.717) is 5.92 Å². The third-order valence-electron chi connectivity index (χ3n) is 6.17. The third-order valence-corrected chi connectivity index (χ3v) is 6.17. The van der Waals surface area contributed by atoms with E-state index in [1.807, 2.05) is 0 Å². The zero-order valence-electron chi connectivity index (χ0n) is 17.0. The molecular formula is C20H32BNO4. The highest BCUT2D eigenvalue weighted by atomic mass is 16.7. The minimum atomic E-state index is -0.308. The molecule has 3 rings (SSSR count). The van der Waals surface area contributed by atoms with Crippen molar-refractivity contribution in [1.29, 1.82) is 0 Å². The number of ether oxygens (including phenoxy) is 2. The fourth-order valence-electron chi connectivity index (χ4n) is 3.73. The van der Waals surface area contributed by atoms with Crippen LogP contribution >= 0.6 is 0 Å². The van der Waals surface area contributed by atoms with Crippen LogP contribution in [0.25, 0.3) is 0 Å². The van der Waals surface area contributed by atoms with Gasteiger partial charge in [0.1, 0.15) is 0 Å². The Morgan fingerprint density at radius 1 is 0.962 bits per heavy atom. The van der Waals surface area contributed by atoms with Crippen molar-refractivity contribution < 1.29 is 18.8 Å². The van der Waals surface area contributed by atoms with Crippen LogP contribution in [0.1, 0.15) is 40.5 Å². The third kappa shape index (κ3) is 3.79. The van der Waals surface area contributed by atoms with E-state index < -0.39 is 0 Å². The number of piperidine rings is 1. The second-order valence-electron chi connectivity index (χ2n) is 8.34. The molecule has 2 aliphatic heterocycles. The summed E-state index contributed by atoms with van der Waals surface area (Å²) in [6, 6.07) is 8.59. The monoisotopic (exact) mass is 361 g/mol. The van der Waals surface area contributed by atoms with Gasteiger partial charge in [0.05, 0.1) is 11.2 Å². The van der Waals surface area contributed by atoms with E-state index in [-0.39, 0.29) is 24.6 Å². The predicted octanol–water partition coefficient (Wildman–Crippen LogP) is 2.82. The van der Waals surface area contributed by atoms with Crippen LogP contribution in [0.15, 0.2) is 24.3 Å². The van der Waals surface area contributed by atoms with Gasteiger partial charge in [0, 0.05) is 38.9 Å². The average Bonchev–Trinajstić information content (AvgIpc) is 2.84. The van der Waals surface area contributed by atoms with E-state index in [9.17, 15) is 0 Å². The molecular weight excluding hydrogens is 329 g/mol. The standard InChI is InChI=1S/C20H32BNO4/c1-19(2)20(3,4)26-21(25-19)16-7-9-17(10-8-16)22-13-11-15(12-14-22)18(23-5)24-6/h7-10,15,18H,11-14H2,1-6H3. The number of nitrogens with zero attached hydrogens (tertiary/aromatic N) is 1. The molecule has 0 bridgehead atoms. The average molecular weight is 361 g/mol. The minimum absolute atomic E-state index is 0.0945. The summed E-state index contributed by atoms with van der Waals surface area (Å²) in [5.74, 6) is 0.463. The second-order valence-corrected chi connectivity index (χ2v) is 8.34. The first-order chi connectivity index (χ1) is 12.3. The Kier molecular flexibility index (Phi) is 5.68.